The average molecular weight is 231 g/mol. The van der Waals surface area contributed by atoms with E-state index in [2.05, 4.69) is 9.97 Å². The maximum atomic E-state index is 5.96. The Hall–Kier alpha value is -1.87. The molecular formula is C12H7ClN2O. The molecule has 1 aromatic carbocycles. The van der Waals surface area contributed by atoms with Crippen LogP contribution in [0.25, 0.3) is 22.6 Å². The van der Waals surface area contributed by atoms with Gasteiger partial charge >= 0.3 is 0 Å². The molecule has 3 rings (SSSR count). The molecule has 0 radical (unpaired) electrons. The minimum atomic E-state index is 0.479. The third kappa shape index (κ3) is 1.46. The molecule has 4 heteroatoms. The lowest BCUT2D eigenvalue weighted by Crippen LogP contribution is -1.75. The van der Waals surface area contributed by atoms with Gasteiger partial charge in [0.2, 0.25) is 5.89 Å². The summed E-state index contributed by atoms with van der Waals surface area (Å²) in [4.78, 5) is 8.30. The molecule has 3 aromatic rings. The Morgan fingerprint density at radius 3 is 2.62 bits per heavy atom. The lowest BCUT2D eigenvalue weighted by atomic mass is 10.2. The van der Waals surface area contributed by atoms with Crippen LogP contribution in [-0.4, -0.2) is 9.97 Å². The second kappa shape index (κ2) is 3.61. The minimum absolute atomic E-state index is 0.479. The van der Waals surface area contributed by atoms with Gasteiger partial charge < -0.3 is 4.42 Å². The van der Waals surface area contributed by atoms with E-state index in [0.29, 0.717) is 22.0 Å². The van der Waals surface area contributed by atoms with E-state index in [9.17, 15) is 0 Å². The van der Waals surface area contributed by atoms with Crippen molar-refractivity contribution in [1.29, 1.82) is 0 Å². The summed E-state index contributed by atoms with van der Waals surface area (Å²) in [5.41, 5.74) is 2.18. The first-order valence-corrected chi connectivity index (χ1v) is 5.18. The summed E-state index contributed by atoms with van der Waals surface area (Å²) < 4.78 is 5.60. The van der Waals surface area contributed by atoms with E-state index in [0.717, 1.165) is 5.56 Å². The van der Waals surface area contributed by atoms with E-state index in [4.69, 9.17) is 16.0 Å². The molecule has 0 aliphatic heterocycles. The summed E-state index contributed by atoms with van der Waals surface area (Å²) in [7, 11) is 0. The van der Waals surface area contributed by atoms with Crippen LogP contribution in [0, 0.1) is 0 Å². The standard InChI is InChI=1S/C12H7ClN2O/c13-9-6-14-7-10-11(9)16-12(15-10)8-4-2-1-3-5-8/h1-7H. The number of benzene rings is 1. The van der Waals surface area contributed by atoms with Crippen LogP contribution in [0.2, 0.25) is 5.02 Å². The number of aromatic nitrogens is 2. The SMILES string of the molecule is Clc1cncc2nc(-c3ccccc3)oc12. The number of pyridine rings is 1. The van der Waals surface area contributed by atoms with Crippen LogP contribution >= 0.6 is 11.6 Å². The van der Waals surface area contributed by atoms with E-state index in [1.807, 2.05) is 30.3 Å². The lowest BCUT2D eigenvalue weighted by molar-refractivity contribution is 0.620. The zero-order chi connectivity index (χ0) is 11.0. The second-order valence-corrected chi connectivity index (χ2v) is 3.76. The summed E-state index contributed by atoms with van der Waals surface area (Å²) in [6.07, 6.45) is 3.18. The van der Waals surface area contributed by atoms with Gasteiger partial charge in [0.1, 0.15) is 10.5 Å². The zero-order valence-electron chi connectivity index (χ0n) is 8.22. The van der Waals surface area contributed by atoms with Gasteiger partial charge in [-0.25, -0.2) is 4.98 Å². The fourth-order valence-electron chi connectivity index (χ4n) is 1.53. The minimum Gasteiger partial charge on any atom is -0.434 e. The molecule has 0 spiro atoms. The first-order valence-electron chi connectivity index (χ1n) is 4.80. The Labute approximate surface area is 96.7 Å². The summed E-state index contributed by atoms with van der Waals surface area (Å²) in [5.74, 6) is 0.561. The molecule has 0 bridgehead atoms. The van der Waals surface area contributed by atoms with Crippen molar-refractivity contribution in [2.75, 3.05) is 0 Å². The molecule has 0 amide bonds. The van der Waals surface area contributed by atoms with Gasteiger partial charge in [-0.2, -0.15) is 0 Å². The van der Waals surface area contributed by atoms with Crippen LogP contribution in [0.1, 0.15) is 0 Å². The van der Waals surface area contributed by atoms with Gasteiger partial charge in [0.25, 0.3) is 0 Å². The topological polar surface area (TPSA) is 38.9 Å². The lowest BCUT2D eigenvalue weighted by Gasteiger charge is -1.92. The predicted octanol–water partition coefficient (Wildman–Crippen LogP) is 3.54. The van der Waals surface area contributed by atoms with Gasteiger partial charge in [-0.05, 0) is 12.1 Å². The molecule has 0 aliphatic carbocycles. The monoisotopic (exact) mass is 230 g/mol. The molecule has 0 atom stereocenters. The number of hydrogen-bond donors (Lipinski definition) is 0. The highest BCUT2D eigenvalue weighted by molar-refractivity contribution is 6.34. The number of hydrogen-bond acceptors (Lipinski definition) is 3. The highest BCUT2D eigenvalue weighted by atomic mass is 35.5. The van der Waals surface area contributed by atoms with Crippen LogP contribution in [0.5, 0.6) is 0 Å². The highest BCUT2D eigenvalue weighted by Gasteiger charge is 2.10. The number of fused-ring (bicyclic) bond motifs is 1. The molecular weight excluding hydrogens is 224 g/mol. The predicted molar refractivity (Wildman–Crippen MR) is 62.3 cm³/mol. The van der Waals surface area contributed by atoms with E-state index < -0.39 is 0 Å². The molecule has 16 heavy (non-hydrogen) atoms. The van der Waals surface area contributed by atoms with Gasteiger partial charge in [-0.1, -0.05) is 29.8 Å². The smallest absolute Gasteiger partial charge is 0.227 e. The van der Waals surface area contributed by atoms with Gasteiger partial charge in [0.05, 0.1) is 6.20 Å². The van der Waals surface area contributed by atoms with Crippen molar-refractivity contribution in [3.8, 4) is 11.5 Å². The maximum absolute atomic E-state index is 5.96. The molecule has 78 valence electrons. The van der Waals surface area contributed by atoms with Crippen LogP contribution in [0.15, 0.2) is 47.1 Å². The third-order valence-electron chi connectivity index (χ3n) is 2.28. The highest BCUT2D eigenvalue weighted by Crippen LogP contribution is 2.27. The molecule has 3 nitrogen and oxygen atoms in total. The Balaban J connectivity index is 2.23. The van der Waals surface area contributed by atoms with Crippen LogP contribution in [0.3, 0.4) is 0 Å². The Kier molecular flexibility index (Phi) is 2.11. The maximum Gasteiger partial charge on any atom is 0.227 e. The Bertz CT molecular complexity index is 634. The third-order valence-corrected chi connectivity index (χ3v) is 2.54. The second-order valence-electron chi connectivity index (χ2n) is 3.35. The summed E-state index contributed by atoms with van der Waals surface area (Å²) in [5, 5.41) is 0.479. The molecule has 0 unspecified atom stereocenters. The van der Waals surface area contributed by atoms with Crippen molar-refractivity contribution < 1.29 is 4.42 Å². The van der Waals surface area contributed by atoms with Crippen molar-refractivity contribution in [1.82, 2.24) is 9.97 Å². The summed E-state index contributed by atoms with van der Waals surface area (Å²) in [6, 6.07) is 9.69. The number of rotatable bonds is 1. The molecule has 2 heterocycles. The number of nitrogens with zero attached hydrogens (tertiary/aromatic N) is 2. The summed E-state index contributed by atoms with van der Waals surface area (Å²) >= 11 is 5.96. The number of halogens is 1. The normalized spacial score (nSPS) is 10.8. The van der Waals surface area contributed by atoms with Crippen molar-refractivity contribution in [2.45, 2.75) is 0 Å². The van der Waals surface area contributed by atoms with E-state index in [1.54, 1.807) is 12.4 Å². The van der Waals surface area contributed by atoms with E-state index in [-0.39, 0.29) is 0 Å². The largest absolute Gasteiger partial charge is 0.434 e. The number of oxazole rings is 1. The van der Waals surface area contributed by atoms with Crippen LogP contribution < -0.4 is 0 Å². The zero-order valence-corrected chi connectivity index (χ0v) is 8.98. The molecule has 0 aliphatic rings. The average Bonchev–Trinajstić information content (AvgIpc) is 2.76. The molecule has 2 aromatic heterocycles. The Morgan fingerprint density at radius 2 is 1.88 bits per heavy atom. The Morgan fingerprint density at radius 1 is 1.06 bits per heavy atom. The van der Waals surface area contributed by atoms with Gasteiger partial charge in [-0.3, -0.25) is 4.98 Å². The molecule has 0 N–H and O–H groups in total. The van der Waals surface area contributed by atoms with Gasteiger partial charge in [0.15, 0.2) is 5.58 Å². The van der Waals surface area contributed by atoms with Crippen molar-refractivity contribution in [3.05, 3.63) is 47.7 Å². The molecule has 0 saturated heterocycles. The van der Waals surface area contributed by atoms with Crippen molar-refractivity contribution in [3.63, 3.8) is 0 Å². The van der Waals surface area contributed by atoms with E-state index in [1.165, 1.54) is 0 Å². The van der Waals surface area contributed by atoms with E-state index >= 15 is 0 Å². The van der Waals surface area contributed by atoms with Gasteiger partial charge in [-0.15, -0.1) is 0 Å². The quantitative estimate of drug-likeness (QED) is 0.642. The first-order chi connectivity index (χ1) is 7.84. The summed E-state index contributed by atoms with van der Waals surface area (Å²) in [6.45, 7) is 0. The fourth-order valence-corrected chi connectivity index (χ4v) is 1.72. The van der Waals surface area contributed by atoms with Gasteiger partial charge in [0, 0.05) is 11.8 Å². The fraction of sp³-hybridized carbons (Fsp3) is 0. The van der Waals surface area contributed by atoms with Crippen molar-refractivity contribution >= 4 is 22.7 Å². The van der Waals surface area contributed by atoms with Crippen LogP contribution in [-0.2, 0) is 0 Å². The first kappa shape index (κ1) is 9.36. The molecule has 0 saturated carbocycles. The van der Waals surface area contributed by atoms with Crippen LogP contribution in [0.4, 0.5) is 0 Å². The van der Waals surface area contributed by atoms with Crippen molar-refractivity contribution in [2.24, 2.45) is 0 Å². The molecule has 0 fully saturated rings.